The van der Waals surface area contributed by atoms with Gasteiger partial charge >= 0.3 is 12.1 Å². The van der Waals surface area contributed by atoms with Crippen molar-refractivity contribution in [3.05, 3.63) is 65.0 Å². The molecule has 0 radical (unpaired) electrons. The Morgan fingerprint density at radius 2 is 2.04 bits per heavy atom. The summed E-state index contributed by atoms with van der Waals surface area (Å²) >= 11 is 0. The molecule has 24 heavy (non-hydrogen) atoms. The second-order valence-electron chi connectivity index (χ2n) is 4.84. The highest BCUT2D eigenvalue weighted by Gasteiger charge is 2.31. The first kappa shape index (κ1) is 17.5. The predicted octanol–water partition coefficient (Wildman–Crippen LogP) is 3.58. The summed E-state index contributed by atoms with van der Waals surface area (Å²) in [6.45, 7) is 1.90. The zero-order valence-corrected chi connectivity index (χ0v) is 12.7. The van der Waals surface area contributed by atoms with Gasteiger partial charge in [-0.25, -0.2) is 4.79 Å². The number of benzene rings is 1. The van der Waals surface area contributed by atoms with Crippen LogP contribution in [0.25, 0.3) is 17.3 Å². The number of esters is 1. The fourth-order valence-corrected chi connectivity index (χ4v) is 2.03. The Labute approximate surface area is 136 Å². The number of hydrogen-bond donors (Lipinski definition) is 0. The lowest BCUT2D eigenvalue weighted by Gasteiger charge is -2.09. The van der Waals surface area contributed by atoms with Gasteiger partial charge in [0.05, 0.1) is 12.2 Å². The van der Waals surface area contributed by atoms with Gasteiger partial charge in [0.1, 0.15) is 0 Å². The fraction of sp³-hybridized carbons (Fsp3) is 0.176. The molecular formula is C17H14F3NO3. The third-order valence-electron chi connectivity index (χ3n) is 3.12. The van der Waals surface area contributed by atoms with E-state index in [0.29, 0.717) is 10.3 Å². The minimum atomic E-state index is -4.48. The van der Waals surface area contributed by atoms with Crippen molar-refractivity contribution in [1.82, 2.24) is 0 Å². The monoisotopic (exact) mass is 337 g/mol. The molecule has 2 aromatic rings. The van der Waals surface area contributed by atoms with Crippen LogP contribution in [-0.2, 0) is 15.7 Å². The molecule has 0 aliphatic rings. The van der Waals surface area contributed by atoms with E-state index in [2.05, 4.69) is 0 Å². The van der Waals surface area contributed by atoms with Gasteiger partial charge in [-0.15, -0.1) is 0 Å². The Bertz CT molecular complexity index is 770. The summed E-state index contributed by atoms with van der Waals surface area (Å²) < 4.78 is 43.4. The summed E-state index contributed by atoms with van der Waals surface area (Å²) in [4.78, 5) is 11.2. The lowest BCUT2D eigenvalue weighted by atomic mass is 10.1. The Kier molecular flexibility index (Phi) is 5.23. The maximum Gasteiger partial charge on any atom is 0.416 e. The molecule has 0 saturated carbocycles. The number of alkyl halides is 3. The fourth-order valence-electron chi connectivity index (χ4n) is 2.03. The third-order valence-corrected chi connectivity index (χ3v) is 3.12. The van der Waals surface area contributed by atoms with Gasteiger partial charge in [0, 0.05) is 23.3 Å². The summed E-state index contributed by atoms with van der Waals surface area (Å²) in [7, 11) is 0. The van der Waals surface area contributed by atoms with Crippen LogP contribution >= 0.6 is 0 Å². The molecule has 0 saturated heterocycles. The molecule has 126 valence electrons. The summed E-state index contributed by atoms with van der Waals surface area (Å²) in [5, 5.41) is 12.1. The molecule has 0 aliphatic heterocycles. The molecule has 0 N–H and O–H groups in total. The number of halogens is 3. The quantitative estimate of drug-likeness (QED) is 0.371. The average Bonchev–Trinajstić information content (AvgIpc) is 2.52. The summed E-state index contributed by atoms with van der Waals surface area (Å²) in [5.74, 6) is -0.545. The number of carbonyl (C=O) groups is 1. The smallest absolute Gasteiger partial charge is 0.416 e. The van der Waals surface area contributed by atoms with Crippen LogP contribution in [0.15, 0.2) is 48.7 Å². The van der Waals surface area contributed by atoms with Crippen molar-refractivity contribution in [2.45, 2.75) is 13.1 Å². The standard InChI is InChI=1S/C17H14F3NO3/c1-2-24-16(22)9-7-12-6-8-15(21(23)11-12)13-4-3-5-14(10-13)17(18,19)20/h3-11H,2H2,1H3/b9-7+. The van der Waals surface area contributed by atoms with E-state index in [1.165, 1.54) is 42.6 Å². The molecule has 0 aliphatic carbocycles. The summed E-state index contributed by atoms with van der Waals surface area (Å²) in [6.07, 6.45) is -0.748. The highest BCUT2D eigenvalue weighted by atomic mass is 19.4. The molecule has 0 fully saturated rings. The van der Waals surface area contributed by atoms with Crippen molar-refractivity contribution in [3.63, 3.8) is 0 Å². The number of pyridine rings is 1. The van der Waals surface area contributed by atoms with Crippen LogP contribution in [0.2, 0.25) is 0 Å². The molecule has 0 bridgehead atoms. The van der Waals surface area contributed by atoms with Crippen molar-refractivity contribution < 1.29 is 27.4 Å². The Morgan fingerprint density at radius 3 is 2.67 bits per heavy atom. The van der Waals surface area contributed by atoms with Crippen molar-refractivity contribution in [1.29, 1.82) is 0 Å². The number of ether oxygens (including phenoxy) is 1. The normalized spacial score (nSPS) is 11.7. The van der Waals surface area contributed by atoms with E-state index < -0.39 is 17.7 Å². The molecule has 0 amide bonds. The number of aromatic nitrogens is 1. The van der Waals surface area contributed by atoms with Crippen LogP contribution in [-0.4, -0.2) is 12.6 Å². The highest BCUT2D eigenvalue weighted by molar-refractivity contribution is 5.86. The zero-order valence-electron chi connectivity index (χ0n) is 12.7. The second kappa shape index (κ2) is 7.16. The maximum absolute atomic E-state index is 12.7. The first-order valence-electron chi connectivity index (χ1n) is 7.07. The molecule has 4 nitrogen and oxygen atoms in total. The number of rotatable bonds is 4. The van der Waals surface area contributed by atoms with Crippen LogP contribution in [0.5, 0.6) is 0 Å². The van der Waals surface area contributed by atoms with Gasteiger partial charge in [0.2, 0.25) is 5.69 Å². The lowest BCUT2D eigenvalue weighted by Crippen LogP contribution is -2.29. The molecular weight excluding hydrogens is 323 g/mol. The first-order chi connectivity index (χ1) is 11.3. The third kappa shape index (κ3) is 4.34. The molecule has 1 aromatic carbocycles. The molecule has 1 heterocycles. The topological polar surface area (TPSA) is 53.2 Å². The minimum Gasteiger partial charge on any atom is -0.618 e. The van der Waals surface area contributed by atoms with Gasteiger partial charge in [0.15, 0.2) is 6.20 Å². The van der Waals surface area contributed by atoms with Gasteiger partial charge in [-0.2, -0.15) is 17.9 Å². The molecule has 1 aromatic heterocycles. The first-order valence-corrected chi connectivity index (χ1v) is 7.07. The molecule has 7 heteroatoms. The largest absolute Gasteiger partial charge is 0.618 e. The Balaban J connectivity index is 2.29. The van der Waals surface area contributed by atoms with E-state index >= 15 is 0 Å². The van der Waals surface area contributed by atoms with Gasteiger partial charge < -0.3 is 9.94 Å². The maximum atomic E-state index is 12.7. The lowest BCUT2D eigenvalue weighted by molar-refractivity contribution is -0.593. The molecule has 0 unspecified atom stereocenters. The average molecular weight is 337 g/mol. The van der Waals surface area contributed by atoms with Crippen molar-refractivity contribution in [2.24, 2.45) is 0 Å². The van der Waals surface area contributed by atoms with Gasteiger partial charge in [-0.05, 0) is 37.3 Å². The van der Waals surface area contributed by atoms with Gasteiger partial charge in [0.25, 0.3) is 0 Å². The van der Waals surface area contributed by atoms with E-state index in [1.54, 1.807) is 6.92 Å². The Morgan fingerprint density at radius 1 is 1.29 bits per heavy atom. The van der Waals surface area contributed by atoms with Crippen LogP contribution in [0, 0.1) is 5.21 Å². The van der Waals surface area contributed by atoms with E-state index in [0.717, 1.165) is 12.1 Å². The zero-order chi connectivity index (χ0) is 17.7. The molecule has 0 atom stereocenters. The minimum absolute atomic E-state index is 0.0781. The van der Waals surface area contributed by atoms with Crippen LogP contribution in [0.1, 0.15) is 18.1 Å². The molecule has 0 spiro atoms. The summed E-state index contributed by atoms with van der Waals surface area (Å²) in [6, 6.07) is 7.44. The van der Waals surface area contributed by atoms with Crippen molar-refractivity contribution >= 4 is 12.0 Å². The number of hydrogen-bond acceptors (Lipinski definition) is 3. The Hall–Kier alpha value is -2.83. The van der Waals surface area contributed by atoms with E-state index in [-0.39, 0.29) is 17.9 Å². The van der Waals surface area contributed by atoms with Gasteiger partial charge in [-0.3, -0.25) is 0 Å². The van der Waals surface area contributed by atoms with Crippen LogP contribution in [0.3, 0.4) is 0 Å². The predicted molar refractivity (Wildman–Crippen MR) is 81.5 cm³/mol. The number of carbonyl (C=O) groups excluding carboxylic acids is 1. The highest BCUT2D eigenvalue weighted by Crippen LogP contribution is 2.31. The van der Waals surface area contributed by atoms with E-state index in [9.17, 15) is 23.2 Å². The van der Waals surface area contributed by atoms with Crippen molar-refractivity contribution in [3.8, 4) is 11.3 Å². The number of nitrogens with zero attached hydrogens (tertiary/aromatic N) is 1. The van der Waals surface area contributed by atoms with Crippen molar-refractivity contribution in [2.75, 3.05) is 6.61 Å². The van der Waals surface area contributed by atoms with Gasteiger partial charge in [-0.1, -0.05) is 6.07 Å². The second-order valence-corrected chi connectivity index (χ2v) is 4.84. The summed E-state index contributed by atoms with van der Waals surface area (Å²) in [5.41, 5.74) is -0.171. The van der Waals surface area contributed by atoms with Crippen LogP contribution < -0.4 is 4.73 Å². The van der Waals surface area contributed by atoms with Crippen LogP contribution in [0.4, 0.5) is 13.2 Å². The molecule has 2 rings (SSSR count). The SMILES string of the molecule is CCOC(=O)/C=C/c1ccc(-c2cccc(C(F)(F)F)c2)[n+]([O-])c1. The van der Waals surface area contributed by atoms with E-state index in [1.807, 2.05) is 0 Å². The van der Waals surface area contributed by atoms with E-state index in [4.69, 9.17) is 4.74 Å².